The van der Waals surface area contributed by atoms with Crippen molar-refractivity contribution in [1.82, 2.24) is 14.7 Å². The van der Waals surface area contributed by atoms with Gasteiger partial charge in [-0.2, -0.15) is 18.3 Å². The minimum atomic E-state index is -4.47. The Kier molecular flexibility index (Phi) is 5.44. The van der Waals surface area contributed by atoms with Crippen molar-refractivity contribution in [2.75, 3.05) is 13.1 Å². The number of amides is 1. The minimum absolute atomic E-state index is 0.0502. The van der Waals surface area contributed by atoms with Crippen LogP contribution in [0.15, 0.2) is 30.5 Å². The van der Waals surface area contributed by atoms with Crippen molar-refractivity contribution in [1.29, 1.82) is 0 Å². The van der Waals surface area contributed by atoms with Gasteiger partial charge in [0.05, 0.1) is 35.1 Å². The first-order valence-electron chi connectivity index (χ1n) is 8.99. The molecule has 1 aromatic carbocycles. The van der Waals surface area contributed by atoms with E-state index in [0.717, 1.165) is 25.0 Å². The van der Waals surface area contributed by atoms with Crippen LogP contribution in [0.25, 0.3) is 5.69 Å². The SMILES string of the molecule is CCN(CCC(=O)O)C(=O)c1cnn(-c2cccc(C(F)(F)F)c2)c1C1CC1. The van der Waals surface area contributed by atoms with Gasteiger partial charge in [-0.15, -0.1) is 0 Å². The number of carbonyl (C=O) groups excluding carboxylic acids is 1. The van der Waals surface area contributed by atoms with Crippen molar-refractivity contribution < 1.29 is 27.9 Å². The number of carboxylic acid groups (broad SMARTS) is 1. The minimum Gasteiger partial charge on any atom is -0.481 e. The first kappa shape index (κ1) is 19.9. The lowest BCUT2D eigenvalue weighted by Gasteiger charge is -2.20. The summed E-state index contributed by atoms with van der Waals surface area (Å²) in [6, 6.07) is 4.82. The van der Waals surface area contributed by atoms with Gasteiger partial charge in [0.25, 0.3) is 5.91 Å². The summed E-state index contributed by atoms with van der Waals surface area (Å²) >= 11 is 0. The molecular weight excluding hydrogens is 375 g/mol. The number of rotatable bonds is 7. The third-order valence-electron chi connectivity index (χ3n) is 4.68. The lowest BCUT2D eigenvalue weighted by atomic mass is 10.1. The number of hydrogen-bond donors (Lipinski definition) is 1. The molecule has 1 fully saturated rings. The number of alkyl halides is 3. The standard InChI is InChI=1S/C19H20F3N3O3/c1-2-24(9-8-16(26)27)18(28)15-11-23-25(17(15)12-6-7-12)14-5-3-4-13(10-14)19(20,21)22/h3-5,10-12H,2,6-9H2,1H3,(H,26,27). The molecule has 1 saturated carbocycles. The van der Waals surface area contributed by atoms with E-state index in [1.54, 1.807) is 6.92 Å². The van der Waals surface area contributed by atoms with Crippen LogP contribution in [0.4, 0.5) is 13.2 Å². The van der Waals surface area contributed by atoms with E-state index in [4.69, 9.17) is 5.11 Å². The zero-order valence-electron chi connectivity index (χ0n) is 15.2. The fourth-order valence-corrected chi connectivity index (χ4v) is 3.10. The number of benzene rings is 1. The number of halogens is 3. The highest BCUT2D eigenvalue weighted by Crippen LogP contribution is 2.43. The van der Waals surface area contributed by atoms with Gasteiger partial charge in [-0.25, -0.2) is 4.68 Å². The Morgan fingerprint density at radius 2 is 2.04 bits per heavy atom. The van der Waals surface area contributed by atoms with Crippen LogP contribution in [0.1, 0.15) is 53.7 Å². The third-order valence-corrected chi connectivity index (χ3v) is 4.68. The maximum Gasteiger partial charge on any atom is 0.416 e. The molecule has 28 heavy (non-hydrogen) atoms. The first-order chi connectivity index (χ1) is 13.2. The van der Waals surface area contributed by atoms with Crippen LogP contribution in [-0.4, -0.2) is 44.8 Å². The molecule has 0 bridgehead atoms. The molecule has 9 heteroatoms. The van der Waals surface area contributed by atoms with Crippen LogP contribution in [0.5, 0.6) is 0 Å². The van der Waals surface area contributed by atoms with Gasteiger partial charge in [0, 0.05) is 19.0 Å². The van der Waals surface area contributed by atoms with Gasteiger partial charge in [0.2, 0.25) is 0 Å². The molecule has 0 spiro atoms. The lowest BCUT2D eigenvalue weighted by molar-refractivity contribution is -0.138. The summed E-state index contributed by atoms with van der Waals surface area (Å²) in [6.07, 6.45) is -1.64. The molecule has 3 rings (SSSR count). The Balaban J connectivity index is 1.97. The molecule has 0 saturated heterocycles. The van der Waals surface area contributed by atoms with Gasteiger partial charge in [0.15, 0.2) is 0 Å². The van der Waals surface area contributed by atoms with Gasteiger partial charge < -0.3 is 10.0 Å². The van der Waals surface area contributed by atoms with E-state index in [0.29, 0.717) is 17.8 Å². The summed E-state index contributed by atoms with van der Waals surface area (Å²) in [7, 11) is 0. The second-order valence-corrected chi connectivity index (χ2v) is 6.71. The Labute approximate surface area is 159 Å². The fourth-order valence-electron chi connectivity index (χ4n) is 3.10. The molecule has 150 valence electrons. The molecule has 1 aliphatic carbocycles. The molecule has 1 aromatic heterocycles. The number of carbonyl (C=O) groups is 2. The van der Waals surface area contributed by atoms with Gasteiger partial charge in [-0.3, -0.25) is 9.59 Å². The topological polar surface area (TPSA) is 75.4 Å². The van der Waals surface area contributed by atoms with Crippen LogP contribution < -0.4 is 0 Å². The van der Waals surface area contributed by atoms with Gasteiger partial charge >= 0.3 is 12.1 Å². The van der Waals surface area contributed by atoms with Crippen LogP contribution in [0.2, 0.25) is 0 Å². The highest BCUT2D eigenvalue weighted by Gasteiger charge is 2.35. The van der Waals surface area contributed by atoms with Crippen LogP contribution in [-0.2, 0) is 11.0 Å². The Morgan fingerprint density at radius 1 is 1.32 bits per heavy atom. The second-order valence-electron chi connectivity index (χ2n) is 6.71. The average Bonchev–Trinajstić information content (AvgIpc) is 3.39. The second kappa shape index (κ2) is 7.65. The maximum absolute atomic E-state index is 13.1. The van der Waals surface area contributed by atoms with E-state index in [1.165, 1.54) is 27.9 Å². The van der Waals surface area contributed by atoms with Crippen molar-refractivity contribution >= 4 is 11.9 Å². The van der Waals surface area contributed by atoms with E-state index in [9.17, 15) is 22.8 Å². The molecule has 0 unspecified atom stereocenters. The highest BCUT2D eigenvalue weighted by atomic mass is 19.4. The third kappa shape index (κ3) is 4.18. The van der Waals surface area contributed by atoms with E-state index < -0.39 is 17.7 Å². The predicted octanol–water partition coefficient (Wildman–Crippen LogP) is 3.71. The molecule has 2 aromatic rings. The van der Waals surface area contributed by atoms with Crippen LogP contribution >= 0.6 is 0 Å². The number of aromatic nitrogens is 2. The number of hydrogen-bond acceptors (Lipinski definition) is 3. The average molecular weight is 395 g/mol. The van der Waals surface area contributed by atoms with E-state index in [-0.39, 0.29) is 30.5 Å². The fraction of sp³-hybridized carbons (Fsp3) is 0.421. The molecule has 0 radical (unpaired) electrons. The summed E-state index contributed by atoms with van der Waals surface area (Å²) in [6.45, 7) is 2.13. The molecule has 6 nitrogen and oxygen atoms in total. The molecule has 1 aliphatic rings. The van der Waals surface area contributed by atoms with E-state index in [2.05, 4.69) is 5.10 Å². The van der Waals surface area contributed by atoms with Crippen molar-refractivity contribution in [2.45, 2.75) is 38.3 Å². The Morgan fingerprint density at radius 3 is 2.61 bits per heavy atom. The van der Waals surface area contributed by atoms with Gasteiger partial charge in [0.1, 0.15) is 0 Å². The highest BCUT2D eigenvalue weighted by molar-refractivity contribution is 5.95. The number of nitrogens with zero attached hydrogens (tertiary/aromatic N) is 3. The molecule has 1 amide bonds. The first-order valence-corrected chi connectivity index (χ1v) is 8.99. The Bertz CT molecular complexity index is 888. The quantitative estimate of drug-likeness (QED) is 0.776. The van der Waals surface area contributed by atoms with Crippen molar-refractivity contribution in [3.63, 3.8) is 0 Å². The predicted molar refractivity (Wildman–Crippen MR) is 94.4 cm³/mol. The van der Waals surface area contributed by atoms with Crippen molar-refractivity contribution in [3.8, 4) is 5.69 Å². The molecular formula is C19H20F3N3O3. The van der Waals surface area contributed by atoms with E-state index in [1.807, 2.05) is 0 Å². The van der Waals surface area contributed by atoms with Crippen molar-refractivity contribution in [3.05, 3.63) is 47.3 Å². The normalized spacial score (nSPS) is 14.1. The summed E-state index contributed by atoms with van der Waals surface area (Å²) in [5.74, 6) is -1.31. The Hall–Kier alpha value is -2.84. The monoisotopic (exact) mass is 395 g/mol. The molecule has 0 atom stereocenters. The van der Waals surface area contributed by atoms with Gasteiger partial charge in [-0.1, -0.05) is 6.07 Å². The largest absolute Gasteiger partial charge is 0.481 e. The molecule has 1 heterocycles. The maximum atomic E-state index is 13.1. The summed E-state index contributed by atoms with van der Waals surface area (Å²) in [5.41, 5.74) is 0.348. The molecule has 1 N–H and O–H groups in total. The number of aliphatic carboxylic acids is 1. The zero-order valence-corrected chi connectivity index (χ0v) is 15.2. The van der Waals surface area contributed by atoms with Crippen molar-refractivity contribution in [2.24, 2.45) is 0 Å². The number of carboxylic acids is 1. The smallest absolute Gasteiger partial charge is 0.416 e. The van der Waals surface area contributed by atoms with Crippen LogP contribution in [0, 0.1) is 0 Å². The molecule has 0 aliphatic heterocycles. The van der Waals surface area contributed by atoms with Crippen LogP contribution in [0.3, 0.4) is 0 Å². The summed E-state index contributed by atoms with van der Waals surface area (Å²) in [4.78, 5) is 25.1. The summed E-state index contributed by atoms with van der Waals surface area (Å²) < 4.78 is 40.5. The lowest BCUT2D eigenvalue weighted by Crippen LogP contribution is -2.33. The zero-order chi connectivity index (χ0) is 20.5. The van der Waals surface area contributed by atoms with E-state index >= 15 is 0 Å². The summed E-state index contributed by atoms with van der Waals surface area (Å²) in [5, 5.41) is 13.1. The van der Waals surface area contributed by atoms with Gasteiger partial charge in [-0.05, 0) is 38.0 Å².